The van der Waals surface area contributed by atoms with Gasteiger partial charge in [0.25, 0.3) is 0 Å². The van der Waals surface area contributed by atoms with Crippen molar-refractivity contribution in [3.8, 4) is 0 Å². The van der Waals surface area contributed by atoms with E-state index in [1.54, 1.807) is 0 Å². The lowest BCUT2D eigenvalue weighted by molar-refractivity contribution is 0.261. The highest BCUT2D eigenvalue weighted by Crippen LogP contribution is 2.07. The molecule has 1 rings (SSSR count). The van der Waals surface area contributed by atoms with Crippen LogP contribution in [0.3, 0.4) is 0 Å². The van der Waals surface area contributed by atoms with Gasteiger partial charge in [-0.1, -0.05) is 6.92 Å². The first-order valence-corrected chi connectivity index (χ1v) is 5.34. The van der Waals surface area contributed by atoms with Crippen molar-refractivity contribution >= 4 is 0 Å². The van der Waals surface area contributed by atoms with Crippen LogP contribution in [0.25, 0.3) is 0 Å². The summed E-state index contributed by atoms with van der Waals surface area (Å²) in [5.74, 6) is 0. The van der Waals surface area contributed by atoms with Crippen LogP contribution in [0.2, 0.25) is 0 Å². The Labute approximate surface area is 82.1 Å². The van der Waals surface area contributed by atoms with E-state index in [0.29, 0.717) is 0 Å². The minimum Gasteiger partial charge on any atom is -0.316 e. The van der Waals surface area contributed by atoms with E-state index in [2.05, 4.69) is 36.1 Å². The Morgan fingerprint density at radius 1 is 1.54 bits per heavy atom. The number of hydrogen-bond donors (Lipinski definition) is 1. The maximum absolute atomic E-state index is 3.34. The summed E-state index contributed by atoms with van der Waals surface area (Å²) in [7, 11) is 4.25. The van der Waals surface area contributed by atoms with Gasteiger partial charge in [0.1, 0.15) is 0 Å². The molecule has 0 bridgehead atoms. The summed E-state index contributed by atoms with van der Waals surface area (Å²) in [5, 5.41) is 3.34. The molecule has 1 heterocycles. The Morgan fingerprint density at radius 2 is 2.31 bits per heavy atom. The Bertz CT molecular complexity index is 138. The predicted molar refractivity (Wildman–Crippen MR) is 57.1 cm³/mol. The molecule has 0 saturated carbocycles. The standard InChI is InChI=1S/C10H23N3/c1-4-12(3)7-8-13-6-5-10(9-13)11-2/h10-11H,4-9H2,1-3H3. The van der Waals surface area contributed by atoms with E-state index >= 15 is 0 Å². The molecule has 1 unspecified atom stereocenters. The van der Waals surface area contributed by atoms with Crippen LogP contribution in [0.15, 0.2) is 0 Å². The molecule has 0 aromatic carbocycles. The zero-order valence-corrected chi connectivity index (χ0v) is 9.21. The molecule has 0 amide bonds. The van der Waals surface area contributed by atoms with E-state index in [1.165, 1.54) is 32.6 Å². The first-order valence-electron chi connectivity index (χ1n) is 5.34. The summed E-state index contributed by atoms with van der Waals surface area (Å²) >= 11 is 0. The van der Waals surface area contributed by atoms with Gasteiger partial charge in [-0.3, -0.25) is 0 Å². The summed E-state index contributed by atoms with van der Waals surface area (Å²) in [6.07, 6.45) is 1.31. The van der Waals surface area contributed by atoms with Crippen LogP contribution in [-0.4, -0.2) is 62.7 Å². The molecule has 0 radical (unpaired) electrons. The fourth-order valence-electron chi connectivity index (χ4n) is 1.74. The van der Waals surface area contributed by atoms with Gasteiger partial charge in [0.2, 0.25) is 0 Å². The minimum atomic E-state index is 0.729. The van der Waals surface area contributed by atoms with Crippen LogP contribution in [0, 0.1) is 0 Å². The highest BCUT2D eigenvalue weighted by atomic mass is 15.2. The monoisotopic (exact) mass is 185 g/mol. The largest absolute Gasteiger partial charge is 0.316 e. The van der Waals surface area contributed by atoms with Crippen molar-refractivity contribution in [1.82, 2.24) is 15.1 Å². The first-order chi connectivity index (χ1) is 6.26. The van der Waals surface area contributed by atoms with E-state index in [0.717, 1.165) is 12.6 Å². The molecule has 0 aliphatic carbocycles. The maximum atomic E-state index is 3.34. The molecule has 0 aromatic heterocycles. The van der Waals surface area contributed by atoms with Crippen LogP contribution >= 0.6 is 0 Å². The highest BCUT2D eigenvalue weighted by molar-refractivity contribution is 4.79. The normalized spacial score (nSPS) is 24.5. The Balaban J connectivity index is 2.10. The van der Waals surface area contributed by atoms with E-state index in [4.69, 9.17) is 0 Å². The topological polar surface area (TPSA) is 18.5 Å². The maximum Gasteiger partial charge on any atom is 0.0204 e. The molecule has 1 aliphatic rings. The van der Waals surface area contributed by atoms with Gasteiger partial charge in [-0.25, -0.2) is 0 Å². The fourth-order valence-corrected chi connectivity index (χ4v) is 1.74. The first kappa shape index (κ1) is 11.0. The zero-order chi connectivity index (χ0) is 9.68. The summed E-state index contributed by atoms with van der Waals surface area (Å²) in [6.45, 7) is 8.29. The molecule has 1 saturated heterocycles. The third-order valence-corrected chi connectivity index (χ3v) is 3.02. The van der Waals surface area contributed by atoms with Crippen molar-refractivity contribution in [3.05, 3.63) is 0 Å². The van der Waals surface area contributed by atoms with E-state index in [9.17, 15) is 0 Å². The van der Waals surface area contributed by atoms with Gasteiger partial charge >= 0.3 is 0 Å². The summed E-state index contributed by atoms with van der Waals surface area (Å²) in [6, 6.07) is 0.729. The van der Waals surface area contributed by atoms with Crippen molar-refractivity contribution in [3.63, 3.8) is 0 Å². The van der Waals surface area contributed by atoms with Gasteiger partial charge < -0.3 is 15.1 Å². The SMILES string of the molecule is CCN(C)CCN1CCC(NC)C1. The Morgan fingerprint density at radius 3 is 2.85 bits per heavy atom. The molecule has 1 N–H and O–H groups in total. The van der Waals surface area contributed by atoms with Gasteiger partial charge in [-0.2, -0.15) is 0 Å². The lowest BCUT2D eigenvalue weighted by Crippen LogP contribution is -2.34. The van der Waals surface area contributed by atoms with Crippen LogP contribution < -0.4 is 5.32 Å². The molecule has 0 spiro atoms. The van der Waals surface area contributed by atoms with Crippen LogP contribution in [0.4, 0.5) is 0 Å². The smallest absolute Gasteiger partial charge is 0.0204 e. The molecule has 3 nitrogen and oxygen atoms in total. The Kier molecular flexibility index (Phi) is 4.70. The van der Waals surface area contributed by atoms with Gasteiger partial charge in [0.15, 0.2) is 0 Å². The number of rotatable bonds is 5. The van der Waals surface area contributed by atoms with Crippen molar-refractivity contribution in [1.29, 1.82) is 0 Å². The van der Waals surface area contributed by atoms with Crippen LogP contribution in [-0.2, 0) is 0 Å². The second-order valence-electron chi connectivity index (χ2n) is 3.97. The molecule has 3 heteroatoms. The molecule has 1 fully saturated rings. The quantitative estimate of drug-likeness (QED) is 0.661. The number of likely N-dealkylation sites (N-methyl/N-ethyl adjacent to an activating group) is 2. The number of likely N-dealkylation sites (tertiary alicyclic amines) is 1. The lowest BCUT2D eigenvalue weighted by atomic mass is 10.3. The molecular formula is C10H23N3. The van der Waals surface area contributed by atoms with Crippen molar-refractivity contribution in [2.24, 2.45) is 0 Å². The van der Waals surface area contributed by atoms with Gasteiger partial charge in [-0.05, 0) is 33.6 Å². The second kappa shape index (κ2) is 5.58. The molecule has 13 heavy (non-hydrogen) atoms. The minimum absolute atomic E-state index is 0.729. The van der Waals surface area contributed by atoms with Crippen LogP contribution in [0.1, 0.15) is 13.3 Å². The molecule has 78 valence electrons. The fraction of sp³-hybridized carbons (Fsp3) is 1.00. The van der Waals surface area contributed by atoms with Gasteiger partial charge in [0, 0.05) is 25.7 Å². The highest BCUT2D eigenvalue weighted by Gasteiger charge is 2.20. The summed E-state index contributed by atoms with van der Waals surface area (Å²) in [5.41, 5.74) is 0. The third-order valence-electron chi connectivity index (χ3n) is 3.02. The van der Waals surface area contributed by atoms with Crippen molar-refractivity contribution < 1.29 is 0 Å². The third kappa shape index (κ3) is 3.63. The zero-order valence-electron chi connectivity index (χ0n) is 9.21. The Hall–Kier alpha value is -0.120. The number of nitrogens with one attached hydrogen (secondary N) is 1. The van der Waals surface area contributed by atoms with E-state index < -0.39 is 0 Å². The molecule has 0 aromatic rings. The predicted octanol–water partition coefficient (Wildman–Crippen LogP) is 0.232. The average molecular weight is 185 g/mol. The summed E-state index contributed by atoms with van der Waals surface area (Å²) in [4.78, 5) is 4.92. The van der Waals surface area contributed by atoms with E-state index in [1.807, 2.05) is 0 Å². The lowest BCUT2D eigenvalue weighted by Gasteiger charge is -2.20. The second-order valence-corrected chi connectivity index (χ2v) is 3.97. The van der Waals surface area contributed by atoms with Gasteiger partial charge in [0.05, 0.1) is 0 Å². The van der Waals surface area contributed by atoms with Crippen LogP contribution in [0.5, 0.6) is 0 Å². The van der Waals surface area contributed by atoms with Gasteiger partial charge in [-0.15, -0.1) is 0 Å². The van der Waals surface area contributed by atoms with E-state index in [-0.39, 0.29) is 0 Å². The number of hydrogen-bond acceptors (Lipinski definition) is 3. The molecular weight excluding hydrogens is 162 g/mol. The van der Waals surface area contributed by atoms with Crippen molar-refractivity contribution in [2.45, 2.75) is 19.4 Å². The molecule has 1 atom stereocenters. The van der Waals surface area contributed by atoms with Crippen molar-refractivity contribution in [2.75, 3.05) is 46.8 Å². The number of nitrogens with zero attached hydrogens (tertiary/aromatic N) is 2. The molecule has 1 aliphatic heterocycles. The average Bonchev–Trinajstić information content (AvgIpc) is 2.61. The summed E-state index contributed by atoms with van der Waals surface area (Å²) < 4.78 is 0.